The molecule has 2 heterocycles. The summed E-state index contributed by atoms with van der Waals surface area (Å²) >= 11 is 0. The smallest absolute Gasteiger partial charge is 0.246 e. The summed E-state index contributed by atoms with van der Waals surface area (Å²) in [5, 5.41) is 15.9. The molecule has 8 heteroatoms. The second-order valence-corrected chi connectivity index (χ2v) is 6.58. The minimum absolute atomic E-state index is 0. The van der Waals surface area contributed by atoms with E-state index in [1.165, 1.54) is 10.4 Å². The van der Waals surface area contributed by atoms with Crippen LogP contribution < -0.4 is 5.32 Å². The molecule has 1 amide bonds. The topological polar surface area (TPSA) is 75.9 Å². The van der Waals surface area contributed by atoms with Crippen molar-refractivity contribution in [3.63, 3.8) is 0 Å². The molecule has 1 aliphatic rings. The van der Waals surface area contributed by atoms with Gasteiger partial charge in [-0.05, 0) is 44.5 Å². The first-order valence-corrected chi connectivity index (χ1v) is 9.02. The van der Waals surface area contributed by atoms with E-state index in [2.05, 4.69) is 27.7 Å². The summed E-state index contributed by atoms with van der Waals surface area (Å²) in [6, 6.07) is 8.28. The van der Waals surface area contributed by atoms with Gasteiger partial charge >= 0.3 is 0 Å². The lowest BCUT2D eigenvalue weighted by Crippen LogP contribution is -2.47. The van der Waals surface area contributed by atoms with Crippen molar-refractivity contribution < 1.29 is 4.79 Å². The molecule has 0 saturated carbocycles. The van der Waals surface area contributed by atoms with E-state index in [0.29, 0.717) is 11.9 Å². The summed E-state index contributed by atoms with van der Waals surface area (Å²) in [6.45, 7) is 7.00. The zero-order chi connectivity index (χ0) is 17.6. The van der Waals surface area contributed by atoms with Gasteiger partial charge in [0.15, 0.2) is 0 Å². The normalized spacial score (nSPS) is 14.7. The fourth-order valence-corrected chi connectivity index (χ4v) is 3.21. The van der Waals surface area contributed by atoms with Crippen LogP contribution in [-0.4, -0.2) is 56.7 Å². The fourth-order valence-electron chi connectivity index (χ4n) is 3.21. The third-order valence-electron chi connectivity index (χ3n) is 4.57. The molecule has 7 nitrogen and oxygen atoms in total. The first-order chi connectivity index (χ1) is 12.2. The average molecular weight is 379 g/mol. The highest BCUT2D eigenvalue weighted by Gasteiger charge is 2.25. The van der Waals surface area contributed by atoms with Crippen molar-refractivity contribution in [1.29, 1.82) is 0 Å². The van der Waals surface area contributed by atoms with Crippen LogP contribution in [0.2, 0.25) is 0 Å². The molecular weight excluding hydrogens is 352 g/mol. The van der Waals surface area contributed by atoms with Gasteiger partial charge in [0.1, 0.15) is 6.54 Å². The lowest BCUT2D eigenvalue weighted by molar-refractivity contribution is -0.135. The van der Waals surface area contributed by atoms with E-state index in [0.717, 1.165) is 44.5 Å². The molecule has 0 aliphatic carbocycles. The largest absolute Gasteiger partial charge is 0.338 e. The number of carbonyl (C=O) groups is 1. The van der Waals surface area contributed by atoms with Crippen molar-refractivity contribution in [2.45, 2.75) is 45.7 Å². The Bertz CT molecular complexity index is 696. The maximum atomic E-state index is 12.8. The van der Waals surface area contributed by atoms with Gasteiger partial charge < -0.3 is 10.2 Å². The van der Waals surface area contributed by atoms with E-state index < -0.39 is 0 Å². The number of piperidine rings is 1. The van der Waals surface area contributed by atoms with Gasteiger partial charge in [-0.15, -0.1) is 22.6 Å². The van der Waals surface area contributed by atoms with E-state index in [1.807, 2.05) is 36.1 Å². The Morgan fingerprint density at radius 1 is 1.27 bits per heavy atom. The van der Waals surface area contributed by atoms with Gasteiger partial charge in [-0.25, -0.2) is 0 Å². The Labute approximate surface area is 160 Å². The molecule has 0 unspecified atom stereocenters. The van der Waals surface area contributed by atoms with Crippen molar-refractivity contribution in [2.24, 2.45) is 0 Å². The Morgan fingerprint density at radius 2 is 1.96 bits per heavy atom. The number of aromatic nitrogens is 4. The number of carbonyl (C=O) groups excluding carboxylic acids is 1. The van der Waals surface area contributed by atoms with Gasteiger partial charge in [-0.3, -0.25) is 4.79 Å². The van der Waals surface area contributed by atoms with Crippen LogP contribution in [0.25, 0.3) is 11.4 Å². The van der Waals surface area contributed by atoms with Crippen LogP contribution in [0.15, 0.2) is 24.3 Å². The number of rotatable bonds is 6. The Balaban J connectivity index is 0.00000243. The van der Waals surface area contributed by atoms with Crippen LogP contribution in [0.3, 0.4) is 0 Å². The van der Waals surface area contributed by atoms with Gasteiger partial charge in [0, 0.05) is 18.2 Å². The van der Waals surface area contributed by atoms with Crippen LogP contribution >= 0.6 is 12.4 Å². The second-order valence-electron chi connectivity index (χ2n) is 6.58. The van der Waals surface area contributed by atoms with Gasteiger partial charge in [-0.1, -0.05) is 36.8 Å². The molecule has 0 radical (unpaired) electrons. The summed E-state index contributed by atoms with van der Waals surface area (Å²) < 4.78 is 0. The zero-order valence-electron chi connectivity index (χ0n) is 15.4. The van der Waals surface area contributed by atoms with Gasteiger partial charge in [0.05, 0.1) is 0 Å². The predicted molar refractivity (Wildman–Crippen MR) is 103 cm³/mol. The minimum atomic E-state index is 0. The van der Waals surface area contributed by atoms with E-state index in [9.17, 15) is 4.79 Å². The fraction of sp³-hybridized carbons (Fsp3) is 0.556. The summed E-state index contributed by atoms with van der Waals surface area (Å²) in [5.41, 5.74) is 2.09. The number of hydrogen-bond acceptors (Lipinski definition) is 5. The van der Waals surface area contributed by atoms with Crippen molar-refractivity contribution in [2.75, 3.05) is 19.6 Å². The maximum absolute atomic E-state index is 12.8. The summed E-state index contributed by atoms with van der Waals surface area (Å²) in [6.07, 6.45) is 2.96. The van der Waals surface area contributed by atoms with Crippen LogP contribution in [0, 0.1) is 6.92 Å². The highest BCUT2D eigenvalue weighted by Crippen LogP contribution is 2.15. The minimum Gasteiger partial charge on any atom is -0.338 e. The molecule has 142 valence electrons. The number of benzene rings is 1. The first-order valence-electron chi connectivity index (χ1n) is 9.02. The Hall–Kier alpha value is -1.99. The number of halogens is 1. The van der Waals surface area contributed by atoms with Crippen LogP contribution in [0.4, 0.5) is 0 Å². The average Bonchev–Trinajstić information content (AvgIpc) is 3.09. The number of amides is 1. The molecule has 1 aromatic carbocycles. The standard InChI is InChI=1S/C18H26N6O.ClH/c1-3-12-23(16-8-10-19-11-9-16)17(25)13-24-21-18(20-22-24)15-6-4-14(2)5-7-15;/h4-7,16,19H,3,8-13H2,1-2H3;1H. The second kappa shape index (κ2) is 9.64. The number of aryl methyl sites for hydroxylation is 1. The molecule has 2 aromatic rings. The van der Waals surface area contributed by atoms with Crippen molar-refractivity contribution in [1.82, 2.24) is 30.4 Å². The van der Waals surface area contributed by atoms with Crippen LogP contribution in [0.1, 0.15) is 31.7 Å². The molecule has 0 bridgehead atoms. The van der Waals surface area contributed by atoms with E-state index in [1.54, 1.807) is 0 Å². The highest BCUT2D eigenvalue weighted by molar-refractivity contribution is 5.85. The number of nitrogens with one attached hydrogen (secondary N) is 1. The molecule has 3 rings (SSSR count). The highest BCUT2D eigenvalue weighted by atomic mass is 35.5. The predicted octanol–water partition coefficient (Wildman–Crippen LogP) is 2.06. The molecule has 1 N–H and O–H groups in total. The quantitative estimate of drug-likeness (QED) is 0.832. The molecule has 1 aliphatic heterocycles. The van der Waals surface area contributed by atoms with E-state index >= 15 is 0 Å². The van der Waals surface area contributed by atoms with E-state index in [-0.39, 0.29) is 24.9 Å². The third kappa shape index (κ3) is 5.02. The lowest BCUT2D eigenvalue weighted by atomic mass is 10.0. The molecule has 1 fully saturated rings. The lowest BCUT2D eigenvalue weighted by Gasteiger charge is -2.34. The number of tetrazole rings is 1. The van der Waals surface area contributed by atoms with Crippen molar-refractivity contribution >= 4 is 18.3 Å². The Morgan fingerprint density at radius 3 is 2.62 bits per heavy atom. The Kier molecular flexibility index (Phi) is 7.53. The van der Waals surface area contributed by atoms with E-state index in [4.69, 9.17) is 0 Å². The molecule has 0 spiro atoms. The van der Waals surface area contributed by atoms with Crippen LogP contribution in [-0.2, 0) is 11.3 Å². The molecule has 1 aromatic heterocycles. The van der Waals surface area contributed by atoms with Crippen molar-refractivity contribution in [3.8, 4) is 11.4 Å². The number of hydrogen-bond donors (Lipinski definition) is 1. The summed E-state index contributed by atoms with van der Waals surface area (Å²) in [5.74, 6) is 0.623. The summed E-state index contributed by atoms with van der Waals surface area (Å²) in [4.78, 5) is 16.2. The molecular formula is C18H27ClN6O. The monoisotopic (exact) mass is 378 g/mol. The third-order valence-corrected chi connectivity index (χ3v) is 4.57. The molecule has 1 saturated heterocycles. The van der Waals surface area contributed by atoms with Gasteiger partial charge in [0.2, 0.25) is 11.7 Å². The first kappa shape index (κ1) is 20.3. The SMILES string of the molecule is CCCN(C(=O)Cn1nnc(-c2ccc(C)cc2)n1)C1CCNCC1.Cl. The zero-order valence-corrected chi connectivity index (χ0v) is 16.2. The maximum Gasteiger partial charge on any atom is 0.246 e. The summed E-state index contributed by atoms with van der Waals surface area (Å²) in [7, 11) is 0. The van der Waals surface area contributed by atoms with Crippen LogP contribution in [0.5, 0.6) is 0 Å². The van der Waals surface area contributed by atoms with Gasteiger partial charge in [0.25, 0.3) is 0 Å². The van der Waals surface area contributed by atoms with Crippen molar-refractivity contribution in [3.05, 3.63) is 29.8 Å². The molecule has 0 atom stereocenters. The van der Waals surface area contributed by atoms with Gasteiger partial charge in [-0.2, -0.15) is 4.80 Å². The molecule has 26 heavy (non-hydrogen) atoms. The number of nitrogens with zero attached hydrogens (tertiary/aromatic N) is 5.